The van der Waals surface area contributed by atoms with Gasteiger partial charge in [0.15, 0.2) is 5.82 Å². The Hall–Kier alpha value is 0.680. The smallest absolute Gasteiger partial charge is 0.790 e. The van der Waals surface area contributed by atoms with Gasteiger partial charge in [-0.1, -0.05) is 0 Å². The molecular formula is C6H10N3Na2O7P. The second kappa shape index (κ2) is 10.4. The van der Waals surface area contributed by atoms with E-state index in [-0.39, 0.29) is 77.0 Å². The van der Waals surface area contributed by atoms with E-state index in [1.54, 1.807) is 0 Å². The van der Waals surface area contributed by atoms with E-state index in [2.05, 4.69) is 9.51 Å². The number of nitro groups is 1. The molecule has 0 bridgehead atoms. The van der Waals surface area contributed by atoms with Crippen molar-refractivity contribution in [1.82, 2.24) is 9.55 Å². The Labute approximate surface area is 152 Å². The molecule has 1 rings (SSSR count). The van der Waals surface area contributed by atoms with Crippen molar-refractivity contribution in [3.63, 3.8) is 0 Å². The average molecular weight is 313 g/mol. The maximum absolute atomic E-state index is 10.5. The van der Waals surface area contributed by atoms with Crippen LogP contribution in [-0.4, -0.2) is 26.6 Å². The van der Waals surface area contributed by atoms with Gasteiger partial charge in [0.25, 0.3) is 0 Å². The fourth-order valence-corrected chi connectivity index (χ4v) is 1.43. The number of hydrogen-bond donors (Lipinski definition) is 0. The van der Waals surface area contributed by atoms with Crippen molar-refractivity contribution in [2.45, 2.75) is 13.5 Å². The molecule has 0 aliphatic heterocycles. The van der Waals surface area contributed by atoms with E-state index in [0.717, 1.165) is 10.8 Å². The monoisotopic (exact) mass is 313 g/mol. The molecule has 0 atom stereocenters. The van der Waals surface area contributed by atoms with Gasteiger partial charge in [0.05, 0.1) is 14.4 Å². The summed E-state index contributed by atoms with van der Waals surface area (Å²) in [5.74, 6) is 0.0506. The largest absolute Gasteiger partial charge is 1.00 e. The molecule has 0 saturated carbocycles. The first-order valence-electron chi connectivity index (χ1n) is 4.14. The van der Waals surface area contributed by atoms with E-state index in [9.17, 15) is 24.5 Å². The summed E-state index contributed by atoms with van der Waals surface area (Å²) < 4.78 is 15.3. The minimum atomic E-state index is -5.04. The van der Waals surface area contributed by atoms with Crippen LogP contribution in [0, 0.1) is 17.0 Å². The van der Waals surface area contributed by atoms with Gasteiger partial charge in [0.2, 0.25) is 0 Å². The van der Waals surface area contributed by atoms with Crippen LogP contribution in [0.3, 0.4) is 0 Å². The first kappa shape index (κ1) is 24.7. The van der Waals surface area contributed by atoms with Crippen LogP contribution in [0.4, 0.5) is 5.82 Å². The molecule has 13 heteroatoms. The van der Waals surface area contributed by atoms with Crippen LogP contribution < -0.4 is 68.9 Å². The van der Waals surface area contributed by atoms with Crippen molar-refractivity contribution >= 4 is 13.6 Å². The maximum atomic E-state index is 10.5. The van der Waals surface area contributed by atoms with Crippen LogP contribution in [0.2, 0.25) is 0 Å². The summed E-state index contributed by atoms with van der Waals surface area (Å²) in [7, 11) is -5.04. The molecule has 10 nitrogen and oxygen atoms in total. The molecule has 0 fully saturated rings. The van der Waals surface area contributed by atoms with Gasteiger partial charge in [-0.3, -0.25) is 0 Å². The minimum Gasteiger partial charge on any atom is -0.790 e. The van der Waals surface area contributed by atoms with Gasteiger partial charge in [-0.25, -0.2) is 9.55 Å². The molecule has 1 aromatic rings. The van der Waals surface area contributed by atoms with Gasteiger partial charge >= 0.3 is 64.9 Å². The Morgan fingerprint density at radius 1 is 1.47 bits per heavy atom. The second-order valence-electron chi connectivity index (χ2n) is 2.85. The third-order valence-corrected chi connectivity index (χ3v) is 2.28. The van der Waals surface area contributed by atoms with Crippen molar-refractivity contribution in [1.29, 1.82) is 0 Å². The van der Waals surface area contributed by atoms with Gasteiger partial charge < -0.3 is 34.5 Å². The summed E-state index contributed by atoms with van der Waals surface area (Å²) in [6, 6.07) is 0. The minimum absolute atomic E-state index is 0. The standard InChI is InChI=1S/C6H10N3O6P.2Na.H2O/c1-5-7-4-6(9(10)11)8(5)2-3-15-16(12,13)14;;;/h4H,2-3H2,1H3,(H2,12,13,14);;;1H2/q;2*+1;/p-2. The first-order valence-corrected chi connectivity index (χ1v) is 5.60. The van der Waals surface area contributed by atoms with E-state index >= 15 is 0 Å². The Balaban J connectivity index is -0.000000853. The molecule has 2 N–H and O–H groups in total. The topological polar surface area (TPSA) is 165 Å². The van der Waals surface area contributed by atoms with Gasteiger partial charge in [-0.05, 0) is 4.92 Å². The molecule has 0 amide bonds. The number of rotatable bonds is 5. The Kier molecular flexibility index (Phi) is 13.5. The van der Waals surface area contributed by atoms with Crippen LogP contribution in [0.5, 0.6) is 0 Å². The summed E-state index contributed by atoms with van der Waals surface area (Å²) in [4.78, 5) is 33.9. The number of nitrogens with zero attached hydrogens (tertiary/aromatic N) is 3. The summed E-state index contributed by atoms with van der Waals surface area (Å²) in [6.07, 6.45) is 1.04. The molecule has 98 valence electrons. The van der Waals surface area contributed by atoms with Crippen LogP contribution in [-0.2, 0) is 15.6 Å². The SMILES string of the molecule is Cc1ncc([N+](=O)[O-])n1CCOP(=O)([O-])[O-].O.[Na+].[Na+]. The molecule has 0 radical (unpaired) electrons. The predicted molar refractivity (Wildman–Crippen MR) is 50.8 cm³/mol. The van der Waals surface area contributed by atoms with Crippen molar-refractivity contribution in [3.8, 4) is 0 Å². The third kappa shape index (κ3) is 8.53. The van der Waals surface area contributed by atoms with Crippen LogP contribution in [0.15, 0.2) is 6.20 Å². The average Bonchev–Trinajstić information content (AvgIpc) is 2.46. The van der Waals surface area contributed by atoms with E-state index < -0.39 is 19.4 Å². The molecule has 1 heterocycles. The van der Waals surface area contributed by atoms with Gasteiger partial charge in [0, 0.05) is 6.92 Å². The third-order valence-electron chi connectivity index (χ3n) is 1.79. The normalized spacial score (nSPS) is 9.84. The number of aromatic nitrogens is 2. The molecule has 0 aliphatic rings. The number of phosphoric acid groups is 1. The van der Waals surface area contributed by atoms with Crippen molar-refractivity contribution in [2.75, 3.05) is 6.61 Å². The fourth-order valence-electron chi connectivity index (χ4n) is 1.12. The van der Waals surface area contributed by atoms with Crippen molar-refractivity contribution < 1.29 is 88.4 Å². The number of aryl methyl sites for hydroxylation is 1. The molecular weight excluding hydrogens is 303 g/mol. The second-order valence-corrected chi connectivity index (χ2v) is 4.01. The fraction of sp³-hybridized carbons (Fsp3) is 0.500. The maximum Gasteiger partial charge on any atom is 1.00 e. The predicted octanol–water partition coefficient (Wildman–Crippen LogP) is -7.87. The van der Waals surface area contributed by atoms with Gasteiger partial charge in [-0.2, -0.15) is 0 Å². The van der Waals surface area contributed by atoms with Crippen LogP contribution in [0.1, 0.15) is 5.82 Å². The molecule has 1 aromatic heterocycles. The zero-order chi connectivity index (χ0) is 12.3. The zero-order valence-electron chi connectivity index (χ0n) is 10.7. The van der Waals surface area contributed by atoms with E-state index in [4.69, 9.17) is 0 Å². The summed E-state index contributed by atoms with van der Waals surface area (Å²) >= 11 is 0. The molecule has 0 aliphatic carbocycles. The summed E-state index contributed by atoms with van der Waals surface area (Å²) in [5, 5.41) is 10.5. The van der Waals surface area contributed by atoms with Crippen molar-refractivity contribution in [3.05, 3.63) is 22.1 Å². The zero-order valence-corrected chi connectivity index (χ0v) is 15.6. The van der Waals surface area contributed by atoms with E-state index in [0.29, 0.717) is 5.82 Å². The molecule has 0 aromatic carbocycles. The molecule has 0 unspecified atom stereocenters. The van der Waals surface area contributed by atoms with E-state index in [1.807, 2.05) is 0 Å². The number of phosphoric ester groups is 1. The van der Waals surface area contributed by atoms with Crippen LogP contribution in [0.25, 0.3) is 0 Å². The Morgan fingerprint density at radius 3 is 2.42 bits per heavy atom. The molecule has 0 saturated heterocycles. The first-order chi connectivity index (χ1) is 7.31. The van der Waals surface area contributed by atoms with Crippen molar-refractivity contribution in [2.24, 2.45) is 0 Å². The Morgan fingerprint density at radius 2 is 2.00 bits per heavy atom. The number of hydrogen-bond acceptors (Lipinski definition) is 7. The van der Waals surface area contributed by atoms with Gasteiger partial charge in [-0.15, -0.1) is 0 Å². The number of imidazole rings is 1. The van der Waals surface area contributed by atoms with E-state index in [1.165, 1.54) is 6.92 Å². The Bertz CT molecular complexity index is 448. The summed E-state index contributed by atoms with van der Waals surface area (Å²) in [5.41, 5.74) is 0. The molecule has 19 heavy (non-hydrogen) atoms. The molecule has 0 spiro atoms. The van der Waals surface area contributed by atoms with Gasteiger partial charge in [0.1, 0.15) is 12.7 Å². The quantitative estimate of drug-likeness (QED) is 0.225. The van der Waals surface area contributed by atoms with Crippen LogP contribution >= 0.6 is 7.82 Å². The summed E-state index contributed by atoms with van der Waals surface area (Å²) in [6.45, 7) is 0.930.